The van der Waals surface area contributed by atoms with E-state index in [2.05, 4.69) is 13.7 Å². The molecule has 1 fully saturated rings. The van der Waals surface area contributed by atoms with E-state index in [0.717, 1.165) is 23.0 Å². The van der Waals surface area contributed by atoms with Crippen LogP contribution in [0.3, 0.4) is 0 Å². The first-order valence-corrected chi connectivity index (χ1v) is 9.76. The van der Waals surface area contributed by atoms with Crippen LogP contribution in [0.1, 0.15) is 11.3 Å². The van der Waals surface area contributed by atoms with Crippen molar-refractivity contribution in [3.8, 4) is 5.88 Å². The van der Waals surface area contributed by atoms with Gasteiger partial charge in [-0.25, -0.2) is 9.18 Å². The van der Waals surface area contributed by atoms with Crippen molar-refractivity contribution in [3.63, 3.8) is 0 Å². The molecule has 0 saturated carbocycles. The van der Waals surface area contributed by atoms with E-state index in [0.29, 0.717) is 30.3 Å². The van der Waals surface area contributed by atoms with E-state index < -0.39 is 18.0 Å². The van der Waals surface area contributed by atoms with E-state index in [-0.39, 0.29) is 13.2 Å². The molecule has 0 bridgehead atoms. The molecule has 5 rings (SSSR count). The van der Waals surface area contributed by atoms with E-state index >= 15 is 0 Å². The molecule has 0 unspecified atom stereocenters. The van der Waals surface area contributed by atoms with E-state index in [4.69, 9.17) is 9.47 Å². The number of ether oxygens (including phenoxy) is 2. The number of amides is 1. The van der Waals surface area contributed by atoms with Gasteiger partial charge < -0.3 is 14.4 Å². The van der Waals surface area contributed by atoms with Gasteiger partial charge >= 0.3 is 6.09 Å². The lowest BCUT2D eigenvalue weighted by Gasteiger charge is -2.20. The normalized spacial score (nSPS) is 18.1. The smallest absolute Gasteiger partial charge is 0.414 e. The van der Waals surface area contributed by atoms with Gasteiger partial charge in [-0.3, -0.25) is 9.88 Å². The molecule has 3 aromatic rings. The van der Waals surface area contributed by atoms with Crippen molar-refractivity contribution < 1.29 is 18.7 Å². The maximum Gasteiger partial charge on any atom is 0.414 e. The molecule has 0 N–H and O–H groups in total. The van der Waals surface area contributed by atoms with Gasteiger partial charge in [0.05, 0.1) is 41.9 Å². The second kappa shape index (κ2) is 7.28. The van der Waals surface area contributed by atoms with Crippen LogP contribution in [0.2, 0.25) is 0 Å². The van der Waals surface area contributed by atoms with Crippen molar-refractivity contribution in [2.24, 2.45) is 0 Å². The van der Waals surface area contributed by atoms with Crippen LogP contribution in [0.4, 0.5) is 20.6 Å². The highest BCUT2D eigenvalue weighted by Crippen LogP contribution is 2.32. The third kappa shape index (κ3) is 3.46. The van der Waals surface area contributed by atoms with E-state index in [1.807, 2.05) is 17.0 Å². The lowest BCUT2D eigenvalue weighted by atomic mass is 10.2. The summed E-state index contributed by atoms with van der Waals surface area (Å²) in [6.45, 7) is 1.60. The van der Waals surface area contributed by atoms with E-state index in [9.17, 15) is 9.18 Å². The number of rotatable bonds is 5. The molecule has 1 atom stereocenters. The molecular formula is C19H16FN5O3S. The molecule has 0 aliphatic carbocycles. The third-order valence-electron chi connectivity index (χ3n) is 4.90. The Balaban J connectivity index is 1.27. The summed E-state index contributed by atoms with van der Waals surface area (Å²) in [6.07, 6.45) is 2.25. The molecule has 0 radical (unpaired) electrons. The topological polar surface area (TPSA) is 80.7 Å². The average Bonchev–Trinajstić information content (AvgIpc) is 3.45. The Bertz CT molecular complexity index is 1020. The average molecular weight is 413 g/mol. The zero-order valence-corrected chi connectivity index (χ0v) is 16.0. The lowest BCUT2D eigenvalue weighted by molar-refractivity contribution is 0.103. The fraction of sp³-hybridized carbons (Fsp3) is 0.263. The molecule has 1 aromatic carbocycles. The van der Waals surface area contributed by atoms with Crippen LogP contribution in [-0.2, 0) is 17.8 Å². The van der Waals surface area contributed by atoms with Crippen molar-refractivity contribution in [2.75, 3.05) is 23.0 Å². The number of hydrogen-bond acceptors (Lipinski definition) is 8. The number of carbonyl (C=O) groups is 1. The monoisotopic (exact) mass is 413 g/mol. The van der Waals surface area contributed by atoms with Crippen LogP contribution in [0, 0.1) is 5.82 Å². The molecule has 0 spiro atoms. The van der Waals surface area contributed by atoms with Crippen molar-refractivity contribution in [1.29, 1.82) is 0 Å². The molecule has 4 heterocycles. The summed E-state index contributed by atoms with van der Waals surface area (Å²) in [7, 11) is 0. The van der Waals surface area contributed by atoms with E-state index in [1.165, 1.54) is 17.2 Å². The number of carbonyl (C=O) groups excluding carboxylic acids is 1. The molecule has 148 valence electrons. The minimum atomic E-state index is -0.528. The number of pyridine rings is 1. The largest absolute Gasteiger partial charge is 0.472 e. The number of nitrogens with zero attached hydrogens (tertiary/aromatic N) is 5. The summed E-state index contributed by atoms with van der Waals surface area (Å²) in [5, 5.41) is 0. The number of hydrogen-bond donors (Lipinski definition) is 0. The fourth-order valence-electron chi connectivity index (χ4n) is 3.51. The van der Waals surface area contributed by atoms with Crippen molar-refractivity contribution in [1.82, 2.24) is 13.7 Å². The third-order valence-corrected chi connectivity index (χ3v) is 5.36. The van der Waals surface area contributed by atoms with Crippen molar-refractivity contribution >= 4 is 29.2 Å². The maximum absolute atomic E-state index is 14.9. The standard InChI is InChI=1S/C19H16FN5O3S/c20-15-6-13(3-4-17(15)24-8-12-2-1-5-21-16(12)10-24)25-9-14(28-19(25)26)11-27-18-7-22-29-23-18/h1-7,14H,8-11H2/t14-/m1/s1. The zero-order chi connectivity index (χ0) is 19.8. The number of benzene rings is 1. The Morgan fingerprint density at radius 2 is 2.24 bits per heavy atom. The second-order valence-electron chi connectivity index (χ2n) is 6.77. The van der Waals surface area contributed by atoms with Crippen LogP contribution in [0.5, 0.6) is 5.88 Å². The fourth-order valence-corrected chi connectivity index (χ4v) is 3.87. The predicted molar refractivity (Wildman–Crippen MR) is 104 cm³/mol. The van der Waals surface area contributed by atoms with Gasteiger partial charge in [0.2, 0.25) is 5.88 Å². The van der Waals surface area contributed by atoms with Gasteiger partial charge in [-0.15, -0.1) is 4.37 Å². The first-order chi connectivity index (χ1) is 14.2. The van der Waals surface area contributed by atoms with Gasteiger partial charge in [0.25, 0.3) is 0 Å². The minimum Gasteiger partial charge on any atom is -0.472 e. The quantitative estimate of drug-likeness (QED) is 0.636. The summed E-state index contributed by atoms with van der Waals surface area (Å²) in [5.41, 5.74) is 2.98. The number of fused-ring (bicyclic) bond motifs is 1. The van der Waals surface area contributed by atoms with Crippen molar-refractivity contribution in [3.05, 3.63) is 59.8 Å². The number of cyclic esters (lactones) is 1. The number of anilines is 2. The van der Waals surface area contributed by atoms with Gasteiger partial charge in [0.15, 0.2) is 6.10 Å². The number of halogens is 1. The summed E-state index contributed by atoms with van der Waals surface area (Å²) in [5.74, 6) is -0.00245. The molecule has 10 heteroatoms. The molecular weight excluding hydrogens is 397 g/mol. The molecule has 2 aliphatic rings. The summed E-state index contributed by atoms with van der Waals surface area (Å²) >= 11 is 1.04. The lowest BCUT2D eigenvalue weighted by Crippen LogP contribution is -2.27. The van der Waals surface area contributed by atoms with Crippen LogP contribution in [-0.4, -0.2) is 39.1 Å². The first-order valence-electron chi connectivity index (χ1n) is 9.03. The second-order valence-corrected chi connectivity index (χ2v) is 7.33. The highest BCUT2D eigenvalue weighted by atomic mass is 32.1. The van der Waals surface area contributed by atoms with Gasteiger partial charge in [0.1, 0.15) is 18.6 Å². The highest BCUT2D eigenvalue weighted by molar-refractivity contribution is 6.99. The van der Waals surface area contributed by atoms with Gasteiger partial charge in [-0.1, -0.05) is 6.07 Å². The zero-order valence-electron chi connectivity index (χ0n) is 15.2. The molecule has 8 nitrogen and oxygen atoms in total. The first kappa shape index (κ1) is 17.8. The Morgan fingerprint density at radius 1 is 1.31 bits per heavy atom. The van der Waals surface area contributed by atoms with Crippen LogP contribution in [0.25, 0.3) is 0 Å². The molecule has 2 aromatic heterocycles. The Hall–Kier alpha value is -3.27. The van der Waals surface area contributed by atoms with Gasteiger partial charge in [-0.05, 0) is 29.8 Å². The Morgan fingerprint density at radius 3 is 3.03 bits per heavy atom. The van der Waals surface area contributed by atoms with Gasteiger partial charge in [-0.2, -0.15) is 4.37 Å². The predicted octanol–water partition coefficient (Wildman–Crippen LogP) is 3.00. The Labute approximate surface area is 169 Å². The minimum absolute atomic E-state index is 0.160. The molecule has 1 saturated heterocycles. The molecule has 2 aliphatic heterocycles. The molecule has 1 amide bonds. The summed E-state index contributed by atoms with van der Waals surface area (Å²) in [6, 6.07) is 8.66. The van der Waals surface area contributed by atoms with Crippen LogP contribution >= 0.6 is 11.7 Å². The van der Waals surface area contributed by atoms with Gasteiger partial charge in [0, 0.05) is 12.7 Å². The molecule has 29 heavy (non-hydrogen) atoms. The number of aromatic nitrogens is 3. The van der Waals surface area contributed by atoms with Crippen LogP contribution in [0.15, 0.2) is 42.7 Å². The van der Waals surface area contributed by atoms with Crippen LogP contribution < -0.4 is 14.5 Å². The van der Waals surface area contributed by atoms with E-state index in [1.54, 1.807) is 18.3 Å². The Kier molecular flexibility index (Phi) is 4.47. The highest BCUT2D eigenvalue weighted by Gasteiger charge is 2.33. The SMILES string of the molecule is O=C1O[C@@H](COc2cnsn2)CN1c1ccc(N2Cc3cccnc3C2)c(F)c1. The maximum atomic E-state index is 14.9. The van der Waals surface area contributed by atoms with Crippen molar-refractivity contribution in [2.45, 2.75) is 19.2 Å². The summed E-state index contributed by atoms with van der Waals surface area (Å²) < 4.78 is 33.4. The summed E-state index contributed by atoms with van der Waals surface area (Å²) in [4.78, 5) is 19.9.